The summed E-state index contributed by atoms with van der Waals surface area (Å²) in [6.45, 7) is 0. The number of ether oxygens (including phenoxy) is 1. The van der Waals surface area contributed by atoms with Crippen molar-refractivity contribution < 1.29 is 17.9 Å². The number of alkyl halides is 3. The van der Waals surface area contributed by atoms with Gasteiger partial charge in [0, 0.05) is 28.3 Å². The van der Waals surface area contributed by atoms with Gasteiger partial charge in [-0.15, -0.1) is 0 Å². The zero-order valence-electron chi connectivity index (χ0n) is 14.0. The lowest BCUT2D eigenvalue weighted by molar-refractivity contribution is -0.136. The molecule has 0 radical (unpaired) electrons. The third-order valence-corrected chi connectivity index (χ3v) is 3.96. The van der Waals surface area contributed by atoms with E-state index in [4.69, 9.17) is 17.0 Å². The fourth-order valence-electron chi connectivity index (χ4n) is 2.53. The molecule has 0 spiro atoms. The predicted octanol–water partition coefficient (Wildman–Crippen LogP) is 4.36. The lowest BCUT2D eigenvalue weighted by Gasteiger charge is -2.14. The van der Waals surface area contributed by atoms with Gasteiger partial charge in [0.25, 0.3) is 0 Å². The minimum absolute atomic E-state index is 0.0920. The number of halogens is 3. The van der Waals surface area contributed by atoms with E-state index in [1.54, 1.807) is 31.4 Å². The van der Waals surface area contributed by atoms with Crippen molar-refractivity contribution in [2.75, 3.05) is 17.7 Å². The summed E-state index contributed by atoms with van der Waals surface area (Å²) in [5, 5.41) is 5.84. The molecule has 3 aromatic rings. The van der Waals surface area contributed by atoms with Crippen LogP contribution >= 0.6 is 12.2 Å². The summed E-state index contributed by atoms with van der Waals surface area (Å²) in [6.07, 6.45) is -4.65. The number of methoxy groups -OCH3 is 1. The van der Waals surface area contributed by atoms with Crippen LogP contribution in [-0.2, 0) is 6.18 Å². The highest BCUT2D eigenvalue weighted by molar-refractivity contribution is 7.80. The van der Waals surface area contributed by atoms with Gasteiger partial charge in [-0.05, 0) is 54.7 Å². The number of hydrogen-bond donors (Lipinski definition) is 3. The average molecular weight is 393 g/mol. The van der Waals surface area contributed by atoms with E-state index in [2.05, 4.69) is 15.6 Å². The van der Waals surface area contributed by atoms with E-state index in [0.29, 0.717) is 23.2 Å². The number of aromatic nitrogens is 1. The molecule has 3 rings (SSSR count). The molecular weight excluding hydrogens is 379 g/mol. The Morgan fingerprint density at radius 3 is 2.30 bits per heavy atom. The summed E-state index contributed by atoms with van der Waals surface area (Å²) in [5.41, 5.74) is -0.680. The molecule has 0 fully saturated rings. The summed E-state index contributed by atoms with van der Waals surface area (Å²) in [6, 6.07) is 11.7. The maximum absolute atomic E-state index is 13.2. The Morgan fingerprint density at radius 2 is 1.67 bits per heavy atom. The summed E-state index contributed by atoms with van der Waals surface area (Å²) < 4.78 is 44.7. The van der Waals surface area contributed by atoms with Crippen LogP contribution in [0.25, 0.3) is 10.9 Å². The first-order valence-corrected chi connectivity index (χ1v) is 8.13. The molecule has 0 aliphatic rings. The highest BCUT2D eigenvalue weighted by atomic mass is 32.1. The minimum Gasteiger partial charge on any atom is -0.497 e. The number of aromatic amines is 1. The molecule has 3 N–H and O–H groups in total. The van der Waals surface area contributed by atoms with Gasteiger partial charge in [0.2, 0.25) is 5.56 Å². The number of thiocarbonyl (C=S) groups is 1. The van der Waals surface area contributed by atoms with E-state index in [0.717, 1.165) is 0 Å². The average Bonchev–Trinajstić information content (AvgIpc) is 2.61. The summed E-state index contributed by atoms with van der Waals surface area (Å²) in [5.74, 6) is 0.683. The highest BCUT2D eigenvalue weighted by Crippen LogP contribution is 2.34. The lowest BCUT2D eigenvalue weighted by atomic mass is 10.1. The summed E-state index contributed by atoms with van der Waals surface area (Å²) in [4.78, 5) is 13.8. The second-order valence-corrected chi connectivity index (χ2v) is 6.02. The van der Waals surface area contributed by atoms with Gasteiger partial charge in [0.15, 0.2) is 5.11 Å². The van der Waals surface area contributed by atoms with Crippen molar-refractivity contribution >= 4 is 39.6 Å². The maximum Gasteiger partial charge on any atom is 0.417 e. The minimum atomic E-state index is -4.65. The van der Waals surface area contributed by atoms with Crippen LogP contribution in [-0.4, -0.2) is 17.2 Å². The van der Waals surface area contributed by atoms with Crippen molar-refractivity contribution in [1.29, 1.82) is 0 Å². The smallest absolute Gasteiger partial charge is 0.417 e. The molecule has 0 atom stereocenters. The number of hydrogen-bond acceptors (Lipinski definition) is 3. The molecule has 1 aromatic heterocycles. The first-order valence-electron chi connectivity index (χ1n) is 7.72. The summed E-state index contributed by atoms with van der Waals surface area (Å²) in [7, 11) is 1.55. The van der Waals surface area contributed by atoms with Crippen LogP contribution in [0.15, 0.2) is 53.3 Å². The second-order valence-electron chi connectivity index (χ2n) is 5.61. The zero-order chi connectivity index (χ0) is 19.6. The molecule has 0 aliphatic carbocycles. The monoisotopic (exact) mass is 393 g/mol. The van der Waals surface area contributed by atoms with Gasteiger partial charge < -0.3 is 20.4 Å². The molecule has 0 saturated heterocycles. The Labute approximate surface area is 157 Å². The van der Waals surface area contributed by atoms with Crippen LogP contribution < -0.4 is 20.9 Å². The van der Waals surface area contributed by atoms with E-state index in [1.165, 1.54) is 18.2 Å². The van der Waals surface area contributed by atoms with Crippen LogP contribution in [0, 0.1) is 0 Å². The van der Waals surface area contributed by atoms with Crippen molar-refractivity contribution in [2.45, 2.75) is 6.18 Å². The van der Waals surface area contributed by atoms with E-state index in [1.807, 2.05) is 0 Å². The number of pyridine rings is 1. The Bertz CT molecular complexity index is 1050. The molecule has 140 valence electrons. The number of benzene rings is 2. The Morgan fingerprint density at radius 1 is 1.04 bits per heavy atom. The van der Waals surface area contributed by atoms with Crippen LogP contribution in [0.2, 0.25) is 0 Å². The molecule has 9 heteroatoms. The zero-order valence-corrected chi connectivity index (χ0v) is 14.8. The van der Waals surface area contributed by atoms with E-state index >= 15 is 0 Å². The first kappa shape index (κ1) is 18.7. The van der Waals surface area contributed by atoms with Crippen LogP contribution in [0.1, 0.15) is 5.56 Å². The number of nitrogens with one attached hydrogen (secondary N) is 3. The Balaban J connectivity index is 1.85. The first-order chi connectivity index (χ1) is 12.8. The van der Waals surface area contributed by atoms with E-state index in [-0.39, 0.29) is 16.0 Å². The van der Waals surface area contributed by atoms with Gasteiger partial charge in [0.1, 0.15) is 5.75 Å². The van der Waals surface area contributed by atoms with E-state index < -0.39 is 17.3 Å². The van der Waals surface area contributed by atoms with Crippen molar-refractivity contribution in [2.24, 2.45) is 0 Å². The van der Waals surface area contributed by atoms with Gasteiger partial charge >= 0.3 is 6.18 Å². The summed E-state index contributed by atoms with van der Waals surface area (Å²) >= 11 is 5.20. The van der Waals surface area contributed by atoms with Gasteiger partial charge in [-0.1, -0.05) is 0 Å². The largest absolute Gasteiger partial charge is 0.497 e. The van der Waals surface area contributed by atoms with Crippen LogP contribution in [0.3, 0.4) is 0 Å². The van der Waals surface area contributed by atoms with Crippen LogP contribution in [0.4, 0.5) is 24.5 Å². The molecule has 0 amide bonds. The molecule has 5 nitrogen and oxygen atoms in total. The Kier molecular flexibility index (Phi) is 5.04. The second kappa shape index (κ2) is 7.28. The molecular formula is C18H14F3N3O2S. The van der Waals surface area contributed by atoms with Gasteiger partial charge in [-0.3, -0.25) is 4.79 Å². The van der Waals surface area contributed by atoms with Gasteiger partial charge in [-0.25, -0.2) is 0 Å². The molecule has 27 heavy (non-hydrogen) atoms. The normalized spacial score (nSPS) is 11.3. The highest BCUT2D eigenvalue weighted by Gasteiger charge is 2.33. The van der Waals surface area contributed by atoms with Crippen molar-refractivity contribution in [1.82, 2.24) is 4.98 Å². The third kappa shape index (κ3) is 4.37. The quantitative estimate of drug-likeness (QED) is 0.577. The fraction of sp³-hybridized carbons (Fsp3) is 0.111. The lowest BCUT2D eigenvalue weighted by Crippen LogP contribution is -2.19. The predicted molar refractivity (Wildman–Crippen MR) is 102 cm³/mol. The van der Waals surface area contributed by atoms with Crippen molar-refractivity contribution in [3.8, 4) is 5.75 Å². The topological polar surface area (TPSA) is 66.2 Å². The van der Waals surface area contributed by atoms with E-state index in [9.17, 15) is 18.0 Å². The third-order valence-electron chi connectivity index (χ3n) is 3.75. The standard InChI is InChI=1S/C18H14F3N3O2S/c1-26-12-5-2-10(3-6-12)22-17(27)23-11-4-7-15-13(8-11)14(18(19,20)21)9-16(25)24-15/h2-9H,1H3,(H,24,25)(H2,22,23,27). The Hall–Kier alpha value is -3.07. The number of rotatable bonds is 3. The number of fused-ring (bicyclic) bond motifs is 1. The van der Waals surface area contributed by atoms with Gasteiger partial charge in [-0.2, -0.15) is 13.2 Å². The van der Waals surface area contributed by atoms with Crippen LogP contribution in [0.5, 0.6) is 5.75 Å². The molecule has 1 heterocycles. The number of H-pyrrole nitrogens is 1. The molecule has 0 saturated carbocycles. The molecule has 0 bridgehead atoms. The fourth-order valence-corrected chi connectivity index (χ4v) is 2.77. The molecule has 2 aromatic carbocycles. The molecule has 0 aliphatic heterocycles. The van der Waals surface area contributed by atoms with Crippen molar-refractivity contribution in [3.63, 3.8) is 0 Å². The number of anilines is 2. The maximum atomic E-state index is 13.2. The molecule has 0 unspecified atom stereocenters. The van der Waals surface area contributed by atoms with Crippen molar-refractivity contribution in [3.05, 3.63) is 64.4 Å². The SMILES string of the molecule is COc1ccc(NC(=S)Nc2ccc3[nH]c(=O)cc(C(F)(F)F)c3c2)cc1. The van der Waals surface area contributed by atoms with Gasteiger partial charge in [0.05, 0.1) is 12.7 Å².